The van der Waals surface area contributed by atoms with E-state index in [4.69, 9.17) is 0 Å². The fraction of sp³-hybridized carbons (Fsp3) is 0.769. The van der Waals surface area contributed by atoms with Crippen molar-refractivity contribution < 1.29 is 0 Å². The summed E-state index contributed by atoms with van der Waals surface area (Å²) in [6, 6.07) is 2.59. The topological polar surface area (TPSA) is 29.9 Å². The van der Waals surface area contributed by atoms with Crippen LogP contribution in [0.1, 0.15) is 45.9 Å². The first kappa shape index (κ1) is 14.6. The Hall–Kier alpha value is -0.480. The number of thioether (sulfide) groups is 1. The van der Waals surface area contributed by atoms with E-state index in [2.05, 4.69) is 61.3 Å². The Morgan fingerprint density at radius 3 is 2.82 bits per heavy atom. The summed E-state index contributed by atoms with van der Waals surface area (Å²) in [7, 11) is 0. The molecule has 0 aliphatic carbocycles. The van der Waals surface area contributed by atoms with E-state index in [1.165, 1.54) is 0 Å². The van der Waals surface area contributed by atoms with Crippen LogP contribution in [-0.4, -0.2) is 27.3 Å². The number of hydrogen-bond acceptors (Lipinski definition) is 3. The van der Waals surface area contributed by atoms with E-state index in [1.807, 2.05) is 11.8 Å². The summed E-state index contributed by atoms with van der Waals surface area (Å²) in [5.41, 5.74) is 1.13. The van der Waals surface area contributed by atoms with Gasteiger partial charge >= 0.3 is 0 Å². The Morgan fingerprint density at radius 2 is 2.24 bits per heavy atom. The van der Waals surface area contributed by atoms with Crippen molar-refractivity contribution in [1.82, 2.24) is 15.1 Å². The number of rotatable bonds is 7. The molecule has 1 atom stereocenters. The molecule has 0 radical (unpaired) electrons. The van der Waals surface area contributed by atoms with Gasteiger partial charge in [0, 0.05) is 30.1 Å². The molecule has 0 amide bonds. The first-order chi connectivity index (χ1) is 7.98. The van der Waals surface area contributed by atoms with Crippen molar-refractivity contribution in [2.45, 2.75) is 51.4 Å². The van der Waals surface area contributed by atoms with Crippen LogP contribution in [0.3, 0.4) is 0 Å². The predicted molar refractivity (Wildman–Crippen MR) is 76.5 cm³/mol. The number of nitrogens with zero attached hydrogens (tertiary/aromatic N) is 2. The van der Waals surface area contributed by atoms with E-state index < -0.39 is 0 Å². The van der Waals surface area contributed by atoms with Crippen LogP contribution in [0, 0.1) is 0 Å². The van der Waals surface area contributed by atoms with E-state index in [9.17, 15) is 0 Å². The predicted octanol–water partition coefficient (Wildman–Crippen LogP) is 3.09. The second-order valence-corrected chi connectivity index (χ2v) is 6.63. The van der Waals surface area contributed by atoms with Gasteiger partial charge in [0.2, 0.25) is 0 Å². The molecule has 4 heteroatoms. The van der Waals surface area contributed by atoms with Gasteiger partial charge in [-0.3, -0.25) is 4.68 Å². The maximum atomic E-state index is 4.57. The first-order valence-corrected chi connectivity index (χ1v) is 7.51. The average molecular weight is 255 g/mol. The van der Waals surface area contributed by atoms with E-state index in [-0.39, 0.29) is 0 Å². The highest BCUT2D eigenvalue weighted by Crippen LogP contribution is 2.19. The van der Waals surface area contributed by atoms with E-state index >= 15 is 0 Å². The monoisotopic (exact) mass is 255 g/mol. The molecule has 0 saturated carbocycles. The summed E-state index contributed by atoms with van der Waals surface area (Å²) in [5.74, 6) is 0. The highest BCUT2D eigenvalue weighted by atomic mass is 32.2. The fourth-order valence-electron chi connectivity index (χ4n) is 1.47. The summed E-state index contributed by atoms with van der Waals surface area (Å²) in [6.07, 6.45) is 5.35. The summed E-state index contributed by atoms with van der Waals surface area (Å²) in [5, 5.41) is 8.04. The van der Waals surface area contributed by atoms with Crippen LogP contribution in [0.15, 0.2) is 12.3 Å². The van der Waals surface area contributed by atoms with Crippen molar-refractivity contribution in [2.75, 3.05) is 12.8 Å². The van der Waals surface area contributed by atoms with Crippen LogP contribution < -0.4 is 5.32 Å². The smallest absolute Gasteiger partial charge is 0.0762 e. The standard InChI is InChI=1S/C13H25N3S/c1-6-11(2)16-8-7-12(15-16)9-14-10-13(3,4)17-5/h7-8,11,14H,6,9-10H2,1-5H3. The van der Waals surface area contributed by atoms with Crippen molar-refractivity contribution in [3.05, 3.63) is 18.0 Å². The molecule has 0 aliphatic rings. The van der Waals surface area contributed by atoms with Crippen molar-refractivity contribution in [1.29, 1.82) is 0 Å². The molecular weight excluding hydrogens is 230 g/mol. The van der Waals surface area contributed by atoms with E-state index in [0.717, 1.165) is 25.2 Å². The third-order valence-electron chi connectivity index (χ3n) is 3.12. The lowest BCUT2D eigenvalue weighted by molar-refractivity contribution is 0.470. The lowest BCUT2D eigenvalue weighted by atomic mass is 10.2. The van der Waals surface area contributed by atoms with Gasteiger partial charge in [-0.15, -0.1) is 0 Å². The van der Waals surface area contributed by atoms with Gasteiger partial charge < -0.3 is 5.32 Å². The molecule has 1 aromatic heterocycles. The minimum absolute atomic E-state index is 0.291. The van der Waals surface area contributed by atoms with Gasteiger partial charge in [0.1, 0.15) is 0 Å². The third kappa shape index (κ3) is 4.72. The lowest BCUT2D eigenvalue weighted by Gasteiger charge is -2.21. The van der Waals surface area contributed by atoms with Crippen LogP contribution in [0.25, 0.3) is 0 Å². The molecule has 0 saturated heterocycles. The van der Waals surface area contributed by atoms with Crippen molar-refractivity contribution in [2.24, 2.45) is 0 Å². The molecule has 1 heterocycles. The summed E-state index contributed by atoms with van der Waals surface area (Å²) >= 11 is 1.89. The average Bonchev–Trinajstić information content (AvgIpc) is 2.76. The van der Waals surface area contributed by atoms with E-state index in [0.29, 0.717) is 10.8 Å². The molecular formula is C13H25N3S. The molecule has 98 valence electrons. The van der Waals surface area contributed by atoms with Crippen molar-refractivity contribution in [3.63, 3.8) is 0 Å². The van der Waals surface area contributed by atoms with Crippen LogP contribution in [0.5, 0.6) is 0 Å². The van der Waals surface area contributed by atoms with Crippen LogP contribution in [0.2, 0.25) is 0 Å². The largest absolute Gasteiger partial charge is 0.310 e. The summed E-state index contributed by atoms with van der Waals surface area (Å²) in [6.45, 7) is 10.7. The molecule has 1 N–H and O–H groups in total. The Labute approximate surface area is 109 Å². The van der Waals surface area contributed by atoms with Crippen molar-refractivity contribution >= 4 is 11.8 Å². The molecule has 3 nitrogen and oxygen atoms in total. The second-order valence-electron chi connectivity index (χ2n) is 5.11. The Balaban J connectivity index is 2.40. The SMILES string of the molecule is CCC(C)n1ccc(CNCC(C)(C)SC)n1. The molecule has 0 fully saturated rings. The highest BCUT2D eigenvalue weighted by Gasteiger charge is 2.15. The molecule has 0 spiro atoms. The van der Waals surface area contributed by atoms with Crippen molar-refractivity contribution in [3.8, 4) is 0 Å². The minimum Gasteiger partial charge on any atom is -0.310 e. The zero-order valence-corrected chi connectivity index (χ0v) is 12.5. The first-order valence-electron chi connectivity index (χ1n) is 6.28. The van der Waals surface area contributed by atoms with Gasteiger partial charge in [-0.2, -0.15) is 16.9 Å². The minimum atomic E-state index is 0.291. The lowest BCUT2D eigenvalue weighted by Crippen LogP contribution is -2.31. The zero-order valence-electron chi connectivity index (χ0n) is 11.7. The Morgan fingerprint density at radius 1 is 1.53 bits per heavy atom. The normalized spacial score (nSPS) is 13.9. The van der Waals surface area contributed by atoms with Gasteiger partial charge in [-0.25, -0.2) is 0 Å². The number of aromatic nitrogens is 2. The van der Waals surface area contributed by atoms with Crippen LogP contribution >= 0.6 is 11.8 Å². The molecule has 17 heavy (non-hydrogen) atoms. The summed E-state index contributed by atoms with van der Waals surface area (Å²) < 4.78 is 2.34. The third-order valence-corrected chi connectivity index (χ3v) is 4.36. The Kier molecular flexibility index (Phi) is 5.53. The molecule has 0 bridgehead atoms. The van der Waals surface area contributed by atoms with E-state index in [1.54, 1.807) is 0 Å². The highest BCUT2D eigenvalue weighted by molar-refractivity contribution is 7.99. The summed E-state index contributed by atoms with van der Waals surface area (Å²) in [4.78, 5) is 0. The maximum Gasteiger partial charge on any atom is 0.0762 e. The second kappa shape index (κ2) is 6.45. The molecule has 1 aromatic rings. The zero-order chi connectivity index (χ0) is 12.9. The molecule has 1 unspecified atom stereocenters. The molecule has 1 rings (SSSR count). The van der Waals surface area contributed by atoms with Crippen LogP contribution in [0.4, 0.5) is 0 Å². The Bertz CT molecular complexity index is 333. The van der Waals surface area contributed by atoms with Gasteiger partial charge in [-0.05, 0) is 39.5 Å². The molecule has 0 aliphatic heterocycles. The van der Waals surface area contributed by atoms with Gasteiger partial charge in [0.05, 0.1) is 5.69 Å². The van der Waals surface area contributed by atoms with Gasteiger partial charge in [-0.1, -0.05) is 6.92 Å². The van der Waals surface area contributed by atoms with Crippen LogP contribution in [-0.2, 0) is 6.54 Å². The molecule has 0 aromatic carbocycles. The maximum absolute atomic E-state index is 4.57. The fourth-order valence-corrected chi connectivity index (χ4v) is 1.71. The number of hydrogen-bond donors (Lipinski definition) is 1. The number of nitrogens with one attached hydrogen (secondary N) is 1. The van der Waals surface area contributed by atoms with Gasteiger partial charge in [0.15, 0.2) is 0 Å². The van der Waals surface area contributed by atoms with Gasteiger partial charge in [0.25, 0.3) is 0 Å². The quantitative estimate of drug-likeness (QED) is 0.812.